The molecule has 1 fully saturated rings. The molecule has 2 heterocycles. The van der Waals surface area contributed by atoms with Gasteiger partial charge in [-0.2, -0.15) is 4.31 Å². The minimum absolute atomic E-state index is 0.116. The molecule has 8 heteroatoms. The lowest BCUT2D eigenvalue weighted by atomic mass is 10.2. The van der Waals surface area contributed by atoms with Crippen molar-refractivity contribution < 1.29 is 13.2 Å². The minimum Gasteiger partial charge on any atom is -0.371 e. The molecular weight excluding hydrogens is 256 g/mol. The summed E-state index contributed by atoms with van der Waals surface area (Å²) in [6.45, 7) is 4.46. The van der Waals surface area contributed by atoms with Crippen molar-refractivity contribution in [1.82, 2.24) is 14.3 Å². The van der Waals surface area contributed by atoms with Gasteiger partial charge in [0.1, 0.15) is 5.82 Å². The summed E-state index contributed by atoms with van der Waals surface area (Å²) >= 11 is 0. The highest BCUT2D eigenvalue weighted by molar-refractivity contribution is 7.89. The van der Waals surface area contributed by atoms with Crippen molar-refractivity contribution in [2.24, 2.45) is 5.73 Å². The third-order valence-electron chi connectivity index (χ3n) is 2.85. The number of H-pyrrole nitrogens is 1. The van der Waals surface area contributed by atoms with E-state index in [-0.39, 0.29) is 23.8 Å². The van der Waals surface area contributed by atoms with E-state index in [1.54, 1.807) is 6.92 Å². The summed E-state index contributed by atoms with van der Waals surface area (Å²) in [6.07, 6.45) is 0.918. The lowest BCUT2D eigenvalue weighted by Gasteiger charge is -2.35. The number of hydrogen-bond donors (Lipinski definition) is 2. The van der Waals surface area contributed by atoms with E-state index in [1.165, 1.54) is 10.5 Å². The maximum absolute atomic E-state index is 12.4. The number of sulfonamides is 1. The SMILES string of the molecule is Cc1ncc(S(=O)(=O)N2CC(C)OC(CN)C2)[nH]1. The van der Waals surface area contributed by atoms with Gasteiger partial charge in [0, 0.05) is 19.6 Å². The number of nitrogens with one attached hydrogen (secondary N) is 1. The van der Waals surface area contributed by atoms with E-state index in [2.05, 4.69) is 9.97 Å². The molecule has 0 amide bonds. The number of nitrogens with two attached hydrogens (primary N) is 1. The summed E-state index contributed by atoms with van der Waals surface area (Å²) in [4.78, 5) is 6.67. The number of rotatable bonds is 3. The molecule has 102 valence electrons. The lowest BCUT2D eigenvalue weighted by Crippen LogP contribution is -2.51. The molecular formula is C10H18N4O3S. The van der Waals surface area contributed by atoms with Crippen LogP contribution in [0.1, 0.15) is 12.7 Å². The fourth-order valence-corrected chi connectivity index (χ4v) is 3.51. The molecule has 18 heavy (non-hydrogen) atoms. The molecule has 0 aliphatic carbocycles. The zero-order valence-electron chi connectivity index (χ0n) is 10.5. The fourth-order valence-electron chi connectivity index (χ4n) is 2.00. The Hall–Kier alpha value is -0.960. The van der Waals surface area contributed by atoms with Gasteiger partial charge < -0.3 is 15.5 Å². The van der Waals surface area contributed by atoms with Gasteiger partial charge in [-0.1, -0.05) is 0 Å². The van der Waals surface area contributed by atoms with Crippen molar-refractivity contribution in [3.8, 4) is 0 Å². The molecule has 0 spiro atoms. The van der Waals surface area contributed by atoms with Crippen LogP contribution < -0.4 is 5.73 Å². The highest BCUT2D eigenvalue weighted by Crippen LogP contribution is 2.19. The number of morpholine rings is 1. The van der Waals surface area contributed by atoms with Crippen LogP contribution in [-0.2, 0) is 14.8 Å². The number of aromatic amines is 1. The first-order chi connectivity index (χ1) is 8.43. The fraction of sp³-hybridized carbons (Fsp3) is 0.700. The monoisotopic (exact) mass is 274 g/mol. The lowest BCUT2D eigenvalue weighted by molar-refractivity contribution is -0.0486. The van der Waals surface area contributed by atoms with Crippen LogP contribution >= 0.6 is 0 Å². The highest BCUT2D eigenvalue weighted by atomic mass is 32.2. The van der Waals surface area contributed by atoms with Crippen molar-refractivity contribution >= 4 is 10.0 Å². The van der Waals surface area contributed by atoms with Gasteiger partial charge in [0.2, 0.25) is 0 Å². The Kier molecular flexibility index (Phi) is 3.71. The van der Waals surface area contributed by atoms with Gasteiger partial charge >= 0.3 is 0 Å². The van der Waals surface area contributed by atoms with Crippen molar-refractivity contribution in [2.45, 2.75) is 31.1 Å². The number of aryl methyl sites for hydroxylation is 1. The van der Waals surface area contributed by atoms with Gasteiger partial charge in [-0.15, -0.1) is 0 Å². The number of ether oxygens (including phenoxy) is 1. The minimum atomic E-state index is -3.54. The number of aromatic nitrogens is 2. The average Bonchev–Trinajstić information content (AvgIpc) is 2.75. The first-order valence-corrected chi connectivity index (χ1v) is 7.24. The van der Waals surface area contributed by atoms with Crippen LogP contribution in [0.5, 0.6) is 0 Å². The standard InChI is InChI=1S/C10H18N4O3S/c1-7-5-14(6-9(3-11)17-7)18(15,16)10-4-12-8(2)13-10/h4,7,9H,3,5-6,11H2,1-2H3,(H,12,13). The number of imidazole rings is 1. The summed E-state index contributed by atoms with van der Waals surface area (Å²) in [7, 11) is -3.54. The summed E-state index contributed by atoms with van der Waals surface area (Å²) < 4.78 is 31.7. The maximum atomic E-state index is 12.4. The van der Waals surface area contributed by atoms with E-state index in [1.807, 2.05) is 6.92 Å². The quantitative estimate of drug-likeness (QED) is 0.770. The summed E-state index contributed by atoms with van der Waals surface area (Å²) in [5, 5.41) is 0.116. The first kappa shape index (κ1) is 13.5. The van der Waals surface area contributed by atoms with E-state index in [9.17, 15) is 8.42 Å². The summed E-state index contributed by atoms with van der Waals surface area (Å²) in [6, 6.07) is 0. The van der Waals surface area contributed by atoms with Crippen molar-refractivity contribution in [3.05, 3.63) is 12.0 Å². The predicted octanol–water partition coefficient (Wildman–Crippen LogP) is -0.545. The van der Waals surface area contributed by atoms with Crippen molar-refractivity contribution in [2.75, 3.05) is 19.6 Å². The number of hydrogen-bond acceptors (Lipinski definition) is 5. The molecule has 1 saturated heterocycles. The van der Waals surface area contributed by atoms with Crippen LogP contribution in [0.25, 0.3) is 0 Å². The zero-order chi connectivity index (χ0) is 13.3. The molecule has 2 rings (SSSR count). The van der Waals surface area contributed by atoms with Gasteiger partial charge in [-0.3, -0.25) is 0 Å². The Labute approximate surface area is 106 Å². The Morgan fingerprint density at radius 1 is 1.61 bits per heavy atom. The summed E-state index contributed by atoms with van der Waals surface area (Å²) in [5.74, 6) is 0.574. The molecule has 1 aromatic heterocycles. The topological polar surface area (TPSA) is 101 Å². The third kappa shape index (κ3) is 2.56. The van der Waals surface area contributed by atoms with E-state index >= 15 is 0 Å². The maximum Gasteiger partial charge on any atom is 0.260 e. The molecule has 0 aromatic carbocycles. The van der Waals surface area contributed by atoms with E-state index in [0.717, 1.165) is 0 Å². The van der Waals surface area contributed by atoms with Crippen LogP contribution in [0.15, 0.2) is 11.2 Å². The third-order valence-corrected chi connectivity index (χ3v) is 4.59. The van der Waals surface area contributed by atoms with E-state index in [0.29, 0.717) is 18.9 Å². The van der Waals surface area contributed by atoms with Crippen LogP contribution in [0.4, 0.5) is 0 Å². The summed E-state index contributed by atoms with van der Waals surface area (Å²) in [5.41, 5.74) is 5.55. The molecule has 1 aromatic rings. The van der Waals surface area contributed by atoms with Gasteiger partial charge in [-0.05, 0) is 13.8 Å². The normalized spacial score (nSPS) is 26.4. The molecule has 7 nitrogen and oxygen atoms in total. The van der Waals surface area contributed by atoms with Gasteiger partial charge in [0.25, 0.3) is 10.0 Å². The molecule has 0 bridgehead atoms. The second-order valence-electron chi connectivity index (χ2n) is 4.46. The van der Waals surface area contributed by atoms with Crippen molar-refractivity contribution in [1.29, 1.82) is 0 Å². The zero-order valence-corrected chi connectivity index (χ0v) is 11.3. The molecule has 0 saturated carbocycles. The van der Waals surface area contributed by atoms with E-state index < -0.39 is 10.0 Å². The van der Waals surface area contributed by atoms with Crippen LogP contribution in [-0.4, -0.2) is 54.5 Å². The second-order valence-corrected chi connectivity index (χ2v) is 6.37. The molecule has 1 aliphatic heterocycles. The van der Waals surface area contributed by atoms with Gasteiger partial charge in [-0.25, -0.2) is 13.4 Å². The van der Waals surface area contributed by atoms with Gasteiger partial charge in [0.05, 0.1) is 18.4 Å². The molecule has 0 radical (unpaired) electrons. The smallest absolute Gasteiger partial charge is 0.260 e. The largest absolute Gasteiger partial charge is 0.371 e. The Morgan fingerprint density at radius 3 is 2.89 bits per heavy atom. The van der Waals surface area contributed by atoms with Crippen LogP contribution in [0.2, 0.25) is 0 Å². The molecule has 3 N–H and O–H groups in total. The Balaban J connectivity index is 2.24. The number of nitrogens with zero attached hydrogens (tertiary/aromatic N) is 2. The van der Waals surface area contributed by atoms with Crippen molar-refractivity contribution in [3.63, 3.8) is 0 Å². The van der Waals surface area contributed by atoms with Gasteiger partial charge in [0.15, 0.2) is 5.03 Å². The molecule has 1 aliphatic rings. The van der Waals surface area contributed by atoms with E-state index in [4.69, 9.17) is 10.5 Å². The average molecular weight is 274 g/mol. The second kappa shape index (κ2) is 4.96. The Bertz CT molecular complexity index is 513. The predicted molar refractivity (Wildman–Crippen MR) is 65.5 cm³/mol. The first-order valence-electron chi connectivity index (χ1n) is 5.80. The Morgan fingerprint density at radius 2 is 2.33 bits per heavy atom. The van der Waals surface area contributed by atoms with Crippen LogP contribution in [0, 0.1) is 6.92 Å². The molecule has 2 unspecified atom stereocenters. The van der Waals surface area contributed by atoms with Crippen LogP contribution in [0.3, 0.4) is 0 Å². The highest BCUT2D eigenvalue weighted by Gasteiger charge is 2.34. The molecule has 2 atom stereocenters.